The van der Waals surface area contributed by atoms with Crippen LogP contribution in [0.3, 0.4) is 0 Å². The summed E-state index contributed by atoms with van der Waals surface area (Å²) in [5.74, 6) is -2.35. The van der Waals surface area contributed by atoms with Gasteiger partial charge in [-0.05, 0) is 50.8 Å². The molecule has 3 rings (SSSR count). The van der Waals surface area contributed by atoms with Gasteiger partial charge in [0.25, 0.3) is 0 Å². The molecule has 0 unspecified atom stereocenters. The van der Waals surface area contributed by atoms with Crippen molar-refractivity contribution >= 4 is 28.5 Å². The molecule has 0 spiro atoms. The van der Waals surface area contributed by atoms with Crippen LogP contribution in [0.25, 0.3) is 16.5 Å². The summed E-state index contributed by atoms with van der Waals surface area (Å²) >= 11 is 0.719. The number of thioether (sulfide) groups is 1. The zero-order valence-electron chi connectivity index (χ0n) is 15.6. The van der Waals surface area contributed by atoms with Crippen LogP contribution < -0.4 is 0 Å². The summed E-state index contributed by atoms with van der Waals surface area (Å²) in [6.07, 6.45) is -4.75. The van der Waals surface area contributed by atoms with Crippen LogP contribution in [0, 0.1) is 13.8 Å². The lowest BCUT2D eigenvalue weighted by atomic mass is 10.0. The van der Waals surface area contributed by atoms with Gasteiger partial charge in [0, 0.05) is 5.39 Å². The molecule has 0 saturated carbocycles. The number of benzene rings is 2. The number of aliphatic carboxylic acids is 1. The molecule has 3 aromatic rings. The molecule has 0 aliphatic carbocycles. The number of carbonyl (C=O) groups is 1. The van der Waals surface area contributed by atoms with Gasteiger partial charge in [-0.1, -0.05) is 35.5 Å². The van der Waals surface area contributed by atoms with E-state index in [1.165, 1.54) is 13.8 Å². The van der Waals surface area contributed by atoms with Crippen LogP contribution in [-0.2, 0) is 11.0 Å². The van der Waals surface area contributed by atoms with Gasteiger partial charge in [-0.3, -0.25) is 9.36 Å². The largest absolute Gasteiger partial charge is 0.480 e. The molecule has 9 heteroatoms. The van der Waals surface area contributed by atoms with Crippen LogP contribution in [0.2, 0.25) is 0 Å². The Hall–Kier alpha value is -2.55. The van der Waals surface area contributed by atoms with E-state index in [9.17, 15) is 23.1 Å². The summed E-state index contributed by atoms with van der Waals surface area (Å²) in [6, 6.07) is 8.85. The van der Waals surface area contributed by atoms with Gasteiger partial charge in [0.1, 0.15) is 4.75 Å². The second-order valence-electron chi connectivity index (χ2n) is 7.01. The molecule has 28 heavy (non-hydrogen) atoms. The van der Waals surface area contributed by atoms with Crippen molar-refractivity contribution < 1.29 is 23.1 Å². The van der Waals surface area contributed by atoms with Crippen LogP contribution in [0.1, 0.15) is 30.8 Å². The topological polar surface area (TPSA) is 68.0 Å². The van der Waals surface area contributed by atoms with Crippen molar-refractivity contribution in [3.05, 3.63) is 47.3 Å². The molecule has 0 saturated heterocycles. The zero-order chi connectivity index (χ0) is 20.9. The number of rotatable bonds is 4. The number of halogens is 3. The first-order valence-corrected chi connectivity index (χ1v) is 9.19. The first-order chi connectivity index (χ1) is 12.9. The third kappa shape index (κ3) is 3.58. The third-order valence-electron chi connectivity index (χ3n) is 4.36. The molecule has 0 aliphatic heterocycles. The van der Waals surface area contributed by atoms with E-state index < -0.39 is 22.7 Å². The molecule has 2 aromatic carbocycles. The highest BCUT2D eigenvalue weighted by molar-refractivity contribution is 8.01. The summed E-state index contributed by atoms with van der Waals surface area (Å²) < 4.78 is 40.5. The highest BCUT2D eigenvalue weighted by Gasteiger charge is 2.41. The van der Waals surface area contributed by atoms with E-state index in [4.69, 9.17) is 0 Å². The summed E-state index contributed by atoms with van der Waals surface area (Å²) in [6.45, 7) is 6.54. The Bertz CT molecular complexity index is 1070. The molecule has 0 atom stereocenters. The lowest BCUT2D eigenvalue weighted by Gasteiger charge is -2.20. The number of alkyl halides is 3. The predicted octanol–water partition coefficient (Wildman–Crippen LogP) is 5.01. The summed E-state index contributed by atoms with van der Waals surface area (Å²) in [4.78, 5) is 11.5. The molecule has 1 aromatic heterocycles. The van der Waals surface area contributed by atoms with Gasteiger partial charge >= 0.3 is 12.1 Å². The summed E-state index contributed by atoms with van der Waals surface area (Å²) in [5.41, 5.74) is 2.06. The van der Waals surface area contributed by atoms with E-state index in [2.05, 4.69) is 10.2 Å². The van der Waals surface area contributed by atoms with Gasteiger partial charge < -0.3 is 5.11 Å². The fourth-order valence-electron chi connectivity index (χ4n) is 2.80. The quantitative estimate of drug-likeness (QED) is 0.614. The SMILES string of the molecule is Cc1ccc2c(C)ccc(-n3c(SC(C)(C)C(=O)O)nnc3C(F)(F)F)c2c1. The number of hydrogen-bond donors (Lipinski definition) is 1. The van der Waals surface area contributed by atoms with Crippen molar-refractivity contribution in [3.63, 3.8) is 0 Å². The monoisotopic (exact) mass is 409 g/mol. The molecule has 1 heterocycles. The van der Waals surface area contributed by atoms with Crippen LogP contribution in [0.15, 0.2) is 35.5 Å². The molecule has 1 N–H and O–H groups in total. The maximum absolute atomic E-state index is 13.6. The van der Waals surface area contributed by atoms with E-state index in [1.54, 1.807) is 18.2 Å². The number of aromatic nitrogens is 3. The van der Waals surface area contributed by atoms with Gasteiger partial charge in [-0.25, -0.2) is 0 Å². The third-order valence-corrected chi connectivity index (χ3v) is 5.49. The normalized spacial score (nSPS) is 12.5. The molecule has 0 aliphatic rings. The number of carboxylic acids is 1. The Morgan fingerprint density at radius 2 is 1.75 bits per heavy atom. The maximum Gasteiger partial charge on any atom is 0.452 e. The van der Waals surface area contributed by atoms with Gasteiger partial charge in [-0.2, -0.15) is 13.2 Å². The van der Waals surface area contributed by atoms with E-state index >= 15 is 0 Å². The second kappa shape index (κ2) is 6.80. The van der Waals surface area contributed by atoms with Gasteiger partial charge in [0.2, 0.25) is 5.82 Å². The summed E-state index contributed by atoms with van der Waals surface area (Å²) in [5, 5.41) is 17.7. The Balaban J connectivity index is 2.33. The fraction of sp³-hybridized carbons (Fsp3) is 0.316. The Morgan fingerprint density at radius 3 is 2.36 bits per heavy atom. The Morgan fingerprint density at radius 1 is 1.07 bits per heavy atom. The Labute approximate surface area is 163 Å². The van der Waals surface area contributed by atoms with Gasteiger partial charge in [0.15, 0.2) is 5.16 Å². The van der Waals surface area contributed by atoms with E-state index in [0.717, 1.165) is 32.8 Å². The molecule has 5 nitrogen and oxygen atoms in total. The van der Waals surface area contributed by atoms with Crippen LogP contribution in [-0.4, -0.2) is 30.6 Å². The number of fused-ring (bicyclic) bond motifs is 1. The fourth-order valence-corrected chi connectivity index (χ4v) is 3.70. The maximum atomic E-state index is 13.6. The molecular weight excluding hydrogens is 391 g/mol. The van der Waals surface area contributed by atoms with E-state index in [0.29, 0.717) is 5.39 Å². The van der Waals surface area contributed by atoms with Crippen molar-refractivity contribution in [2.24, 2.45) is 0 Å². The van der Waals surface area contributed by atoms with Crippen molar-refractivity contribution in [2.75, 3.05) is 0 Å². The highest BCUT2D eigenvalue weighted by Crippen LogP contribution is 2.39. The number of hydrogen-bond acceptors (Lipinski definition) is 4. The minimum Gasteiger partial charge on any atom is -0.480 e. The second-order valence-corrected chi connectivity index (χ2v) is 8.60. The van der Waals surface area contributed by atoms with Crippen molar-refractivity contribution in [2.45, 2.75) is 43.8 Å². The predicted molar refractivity (Wildman–Crippen MR) is 101 cm³/mol. The van der Waals surface area contributed by atoms with Crippen molar-refractivity contribution in [3.8, 4) is 5.69 Å². The van der Waals surface area contributed by atoms with E-state index in [1.807, 2.05) is 26.0 Å². The van der Waals surface area contributed by atoms with Crippen molar-refractivity contribution in [1.82, 2.24) is 14.8 Å². The van der Waals surface area contributed by atoms with Gasteiger partial charge in [0.05, 0.1) is 5.69 Å². The number of carboxylic acid groups (broad SMARTS) is 1. The molecule has 0 fully saturated rings. The number of aryl methyl sites for hydroxylation is 2. The molecule has 148 valence electrons. The average Bonchev–Trinajstić information content (AvgIpc) is 2.98. The van der Waals surface area contributed by atoms with Crippen LogP contribution in [0.4, 0.5) is 13.2 Å². The lowest BCUT2D eigenvalue weighted by molar-refractivity contribution is -0.146. The van der Waals surface area contributed by atoms with Gasteiger partial charge in [-0.15, -0.1) is 10.2 Å². The molecule has 0 amide bonds. The number of nitrogens with zero attached hydrogens (tertiary/aromatic N) is 3. The van der Waals surface area contributed by atoms with Crippen LogP contribution >= 0.6 is 11.8 Å². The van der Waals surface area contributed by atoms with Crippen LogP contribution in [0.5, 0.6) is 0 Å². The zero-order valence-corrected chi connectivity index (χ0v) is 16.4. The molecule has 0 bridgehead atoms. The molecular formula is C19H18F3N3O2S. The highest BCUT2D eigenvalue weighted by atomic mass is 32.2. The standard InChI is InChI=1S/C19H18F3N3O2S/c1-10-5-7-12-11(2)6-8-14(13(12)9-10)25-15(19(20,21)22)23-24-17(25)28-18(3,4)16(26)27/h5-9H,1-4H3,(H,26,27). The first kappa shape index (κ1) is 20.2. The smallest absolute Gasteiger partial charge is 0.452 e. The van der Waals surface area contributed by atoms with Crippen molar-refractivity contribution in [1.29, 1.82) is 0 Å². The Kier molecular flexibility index (Phi) is 4.91. The van der Waals surface area contributed by atoms with E-state index in [-0.39, 0.29) is 10.8 Å². The lowest BCUT2D eigenvalue weighted by Crippen LogP contribution is -2.27. The minimum absolute atomic E-state index is 0.133. The first-order valence-electron chi connectivity index (χ1n) is 8.37. The average molecular weight is 409 g/mol. The molecule has 0 radical (unpaired) electrons. The summed E-state index contributed by atoms with van der Waals surface area (Å²) in [7, 11) is 0. The minimum atomic E-state index is -4.75.